The van der Waals surface area contributed by atoms with E-state index in [1.54, 1.807) is 39.3 Å². The van der Waals surface area contributed by atoms with Gasteiger partial charge in [-0.2, -0.15) is 0 Å². The first-order valence-electron chi connectivity index (χ1n) is 9.69. The number of esters is 1. The van der Waals surface area contributed by atoms with Crippen LogP contribution in [0, 0.1) is 5.82 Å². The minimum absolute atomic E-state index is 0.183. The molecule has 0 N–H and O–H groups in total. The molecule has 0 aliphatic carbocycles. The molecule has 0 saturated heterocycles. The average Bonchev–Trinajstić information content (AvgIpc) is 3.00. The van der Waals surface area contributed by atoms with Crippen molar-refractivity contribution in [1.29, 1.82) is 0 Å². The highest BCUT2D eigenvalue weighted by Crippen LogP contribution is 2.33. The van der Waals surface area contributed by atoms with E-state index in [0.717, 1.165) is 5.56 Å². The maximum absolute atomic E-state index is 13.6. The predicted molar refractivity (Wildman–Crippen MR) is 114 cm³/mol. The van der Waals surface area contributed by atoms with Gasteiger partial charge in [0.25, 0.3) is 5.91 Å². The van der Waals surface area contributed by atoms with Gasteiger partial charge >= 0.3 is 5.97 Å². The molecule has 7 heteroatoms. The van der Waals surface area contributed by atoms with Gasteiger partial charge in [-0.1, -0.05) is 18.2 Å². The van der Waals surface area contributed by atoms with Crippen LogP contribution < -0.4 is 9.47 Å². The van der Waals surface area contributed by atoms with Gasteiger partial charge in [-0.25, -0.2) is 9.18 Å². The SMILES string of the molecule is COC(=O)C1=C(C)N(CCc2ccc(OC)c(OC)c2)C(=O)/C1=C\c1cccc(F)c1. The van der Waals surface area contributed by atoms with Gasteiger partial charge in [0.15, 0.2) is 11.5 Å². The molecular weight excluding hydrogens is 401 g/mol. The molecule has 2 aromatic carbocycles. The van der Waals surface area contributed by atoms with Crippen molar-refractivity contribution in [3.63, 3.8) is 0 Å². The van der Waals surface area contributed by atoms with Crippen molar-refractivity contribution in [2.75, 3.05) is 27.9 Å². The monoisotopic (exact) mass is 425 g/mol. The van der Waals surface area contributed by atoms with Crippen LogP contribution in [0.15, 0.2) is 59.3 Å². The molecule has 0 fully saturated rings. The highest BCUT2D eigenvalue weighted by molar-refractivity contribution is 6.16. The maximum Gasteiger partial charge on any atom is 0.340 e. The van der Waals surface area contributed by atoms with Crippen LogP contribution in [0.3, 0.4) is 0 Å². The van der Waals surface area contributed by atoms with Crippen LogP contribution in [0.2, 0.25) is 0 Å². The molecule has 0 unspecified atom stereocenters. The normalized spacial score (nSPS) is 14.9. The van der Waals surface area contributed by atoms with Crippen molar-refractivity contribution in [1.82, 2.24) is 4.90 Å². The Labute approximate surface area is 180 Å². The lowest BCUT2D eigenvalue weighted by molar-refractivity contribution is -0.136. The summed E-state index contributed by atoms with van der Waals surface area (Å²) in [4.78, 5) is 27.1. The van der Waals surface area contributed by atoms with Gasteiger partial charge in [-0.3, -0.25) is 4.79 Å². The van der Waals surface area contributed by atoms with E-state index in [4.69, 9.17) is 14.2 Å². The largest absolute Gasteiger partial charge is 0.493 e. The zero-order valence-electron chi connectivity index (χ0n) is 17.9. The summed E-state index contributed by atoms with van der Waals surface area (Å²) in [6.45, 7) is 2.05. The van der Waals surface area contributed by atoms with E-state index in [-0.39, 0.29) is 17.1 Å². The molecule has 0 bridgehead atoms. The van der Waals surface area contributed by atoms with Crippen LogP contribution in [-0.2, 0) is 20.7 Å². The second-order valence-corrected chi connectivity index (χ2v) is 6.96. The molecule has 2 aromatic rings. The standard InChI is InChI=1S/C24H24FNO5/c1-15-22(24(28)31-4)19(13-17-6-5-7-18(25)12-17)23(27)26(15)11-10-16-8-9-20(29-2)21(14-16)30-3/h5-9,12-14H,10-11H2,1-4H3/b19-13-. The number of allylic oxidation sites excluding steroid dienone is 1. The number of nitrogens with zero attached hydrogens (tertiary/aromatic N) is 1. The number of hydrogen-bond acceptors (Lipinski definition) is 5. The summed E-state index contributed by atoms with van der Waals surface area (Å²) in [5, 5.41) is 0. The number of halogens is 1. The number of methoxy groups -OCH3 is 3. The van der Waals surface area contributed by atoms with Gasteiger partial charge in [-0.05, 0) is 54.8 Å². The van der Waals surface area contributed by atoms with E-state index in [9.17, 15) is 14.0 Å². The molecule has 31 heavy (non-hydrogen) atoms. The van der Waals surface area contributed by atoms with Gasteiger partial charge in [0.05, 0.1) is 32.5 Å². The van der Waals surface area contributed by atoms with Crippen molar-refractivity contribution >= 4 is 18.0 Å². The van der Waals surface area contributed by atoms with Crippen molar-refractivity contribution in [2.45, 2.75) is 13.3 Å². The first-order valence-corrected chi connectivity index (χ1v) is 9.69. The summed E-state index contributed by atoms with van der Waals surface area (Å²) in [5.41, 5.74) is 2.30. The maximum atomic E-state index is 13.6. The van der Waals surface area contributed by atoms with E-state index >= 15 is 0 Å². The molecule has 0 aromatic heterocycles. The average molecular weight is 425 g/mol. The van der Waals surface area contributed by atoms with Crippen LogP contribution in [0.5, 0.6) is 11.5 Å². The second kappa shape index (κ2) is 9.47. The fourth-order valence-electron chi connectivity index (χ4n) is 3.54. The first kappa shape index (κ1) is 22.1. The second-order valence-electron chi connectivity index (χ2n) is 6.96. The lowest BCUT2D eigenvalue weighted by atomic mass is 10.0. The van der Waals surface area contributed by atoms with Crippen LogP contribution in [0.25, 0.3) is 6.08 Å². The fourth-order valence-corrected chi connectivity index (χ4v) is 3.54. The molecule has 3 rings (SSSR count). The van der Waals surface area contributed by atoms with Crippen molar-refractivity contribution in [2.24, 2.45) is 0 Å². The minimum Gasteiger partial charge on any atom is -0.493 e. The number of carbonyl (C=O) groups excluding carboxylic acids is 2. The quantitative estimate of drug-likeness (QED) is 0.499. The third-order valence-corrected chi connectivity index (χ3v) is 5.13. The van der Waals surface area contributed by atoms with E-state index in [1.807, 2.05) is 12.1 Å². The van der Waals surface area contributed by atoms with E-state index < -0.39 is 11.8 Å². The van der Waals surface area contributed by atoms with Gasteiger partial charge in [0.2, 0.25) is 0 Å². The summed E-state index contributed by atoms with van der Waals surface area (Å²) in [5.74, 6) is -0.148. The predicted octanol–water partition coefficient (Wildman–Crippen LogP) is 3.76. The van der Waals surface area contributed by atoms with Crippen LogP contribution in [0.4, 0.5) is 4.39 Å². The Kier molecular flexibility index (Phi) is 6.74. The van der Waals surface area contributed by atoms with Gasteiger partial charge in [0, 0.05) is 12.2 Å². The Hall–Kier alpha value is -3.61. The lowest BCUT2D eigenvalue weighted by Crippen LogP contribution is -2.27. The van der Waals surface area contributed by atoms with Gasteiger partial charge in [-0.15, -0.1) is 0 Å². The molecule has 162 valence electrons. The molecule has 0 spiro atoms. The van der Waals surface area contributed by atoms with E-state index in [0.29, 0.717) is 35.7 Å². The van der Waals surface area contributed by atoms with Gasteiger partial charge < -0.3 is 19.1 Å². The van der Waals surface area contributed by atoms with Crippen molar-refractivity contribution < 1.29 is 28.2 Å². The first-order chi connectivity index (χ1) is 14.9. The summed E-state index contributed by atoms with van der Waals surface area (Å²) >= 11 is 0. The fraction of sp³-hybridized carbons (Fsp3) is 0.250. The Morgan fingerprint density at radius 2 is 1.81 bits per heavy atom. The lowest BCUT2D eigenvalue weighted by Gasteiger charge is -2.18. The van der Waals surface area contributed by atoms with E-state index in [1.165, 1.54) is 30.2 Å². The molecule has 0 saturated carbocycles. The van der Waals surface area contributed by atoms with Crippen LogP contribution >= 0.6 is 0 Å². The third-order valence-electron chi connectivity index (χ3n) is 5.13. The molecular formula is C24H24FNO5. The molecule has 0 atom stereocenters. The minimum atomic E-state index is -0.609. The number of ether oxygens (including phenoxy) is 3. The molecule has 1 amide bonds. The third kappa shape index (κ3) is 4.60. The summed E-state index contributed by atoms with van der Waals surface area (Å²) in [6, 6.07) is 11.4. The number of amides is 1. The van der Waals surface area contributed by atoms with Crippen molar-refractivity contribution in [3.05, 3.63) is 76.3 Å². The smallest absolute Gasteiger partial charge is 0.340 e. The zero-order chi connectivity index (χ0) is 22.5. The number of carbonyl (C=O) groups is 2. The topological polar surface area (TPSA) is 65.1 Å². The molecule has 1 aliphatic heterocycles. The molecule has 1 aliphatic rings. The Morgan fingerprint density at radius 3 is 2.45 bits per heavy atom. The molecule has 6 nitrogen and oxygen atoms in total. The summed E-state index contributed by atoms with van der Waals surface area (Å²) in [6.07, 6.45) is 2.04. The van der Waals surface area contributed by atoms with Gasteiger partial charge in [0.1, 0.15) is 5.82 Å². The highest BCUT2D eigenvalue weighted by Gasteiger charge is 2.36. The number of rotatable bonds is 7. The Balaban J connectivity index is 1.90. The highest BCUT2D eigenvalue weighted by atomic mass is 19.1. The zero-order valence-corrected chi connectivity index (χ0v) is 17.9. The Morgan fingerprint density at radius 1 is 1.06 bits per heavy atom. The molecule has 1 heterocycles. The number of hydrogen-bond donors (Lipinski definition) is 0. The summed E-state index contributed by atoms with van der Waals surface area (Å²) in [7, 11) is 4.39. The van der Waals surface area contributed by atoms with Crippen LogP contribution in [0.1, 0.15) is 18.1 Å². The molecule has 0 radical (unpaired) electrons. The summed E-state index contributed by atoms with van der Waals surface area (Å²) < 4.78 is 29.1. The van der Waals surface area contributed by atoms with E-state index in [2.05, 4.69) is 0 Å². The number of benzene rings is 2. The Bertz CT molecular complexity index is 1070. The van der Waals surface area contributed by atoms with Crippen LogP contribution in [-0.4, -0.2) is 44.7 Å². The van der Waals surface area contributed by atoms with Crippen molar-refractivity contribution in [3.8, 4) is 11.5 Å².